The number of rotatable bonds is 1. The minimum atomic E-state index is -0.178. The van der Waals surface area contributed by atoms with Gasteiger partial charge >= 0.3 is 0 Å². The topological polar surface area (TPSA) is 45.8 Å². The van der Waals surface area contributed by atoms with E-state index in [9.17, 15) is 4.79 Å². The number of nitrogens with one attached hydrogen (secondary N) is 1. The fourth-order valence-corrected chi connectivity index (χ4v) is 1.28. The van der Waals surface area contributed by atoms with Crippen LogP contribution in [0.25, 0.3) is 11.1 Å². The van der Waals surface area contributed by atoms with Gasteiger partial charge in [0.05, 0.1) is 6.20 Å². The van der Waals surface area contributed by atoms with Crippen molar-refractivity contribution < 1.29 is 0 Å². The maximum Gasteiger partial charge on any atom is 0.264 e. The van der Waals surface area contributed by atoms with E-state index < -0.39 is 0 Å². The number of H-pyrrole nitrogens is 1. The summed E-state index contributed by atoms with van der Waals surface area (Å²) in [5.74, 6) is 0. The average Bonchev–Trinajstić information content (AvgIpc) is 2.19. The van der Waals surface area contributed by atoms with Crippen molar-refractivity contribution >= 4 is 0 Å². The fraction of sp³-hybridized carbons (Fsp3) is 0.0909. The summed E-state index contributed by atoms with van der Waals surface area (Å²) in [4.78, 5) is 11.0. The molecule has 0 amide bonds. The van der Waals surface area contributed by atoms with Gasteiger partial charge in [-0.25, -0.2) is 5.10 Å². The third kappa shape index (κ3) is 1.71. The van der Waals surface area contributed by atoms with Crippen molar-refractivity contribution in [3.05, 3.63) is 52.4 Å². The van der Waals surface area contributed by atoms with Gasteiger partial charge in [0.1, 0.15) is 0 Å². The van der Waals surface area contributed by atoms with Gasteiger partial charge in [0.15, 0.2) is 0 Å². The lowest BCUT2D eigenvalue weighted by Crippen LogP contribution is -2.05. The molecular formula is C11H10N2O. The Hall–Kier alpha value is -1.90. The first kappa shape index (κ1) is 8.69. The molecule has 1 aromatic heterocycles. The van der Waals surface area contributed by atoms with E-state index >= 15 is 0 Å². The van der Waals surface area contributed by atoms with Crippen molar-refractivity contribution in [1.29, 1.82) is 0 Å². The molecule has 2 rings (SSSR count). The van der Waals surface area contributed by atoms with Crippen LogP contribution in [0.1, 0.15) is 5.56 Å². The van der Waals surface area contributed by atoms with Gasteiger partial charge in [-0.3, -0.25) is 4.79 Å². The molecule has 2 aromatic rings. The molecule has 0 unspecified atom stereocenters. The molecule has 0 radical (unpaired) electrons. The minimum Gasteiger partial charge on any atom is -0.268 e. The Morgan fingerprint density at radius 2 is 1.86 bits per heavy atom. The van der Waals surface area contributed by atoms with E-state index in [1.54, 1.807) is 6.20 Å². The van der Waals surface area contributed by atoms with Crippen LogP contribution in [0.4, 0.5) is 0 Å². The molecule has 0 atom stereocenters. The van der Waals surface area contributed by atoms with Crippen molar-refractivity contribution in [3.63, 3.8) is 0 Å². The molecule has 70 valence electrons. The Bertz CT molecular complexity index is 485. The van der Waals surface area contributed by atoms with E-state index in [4.69, 9.17) is 0 Å². The third-order valence-corrected chi connectivity index (χ3v) is 2.05. The minimum absolute atomic E-state index is 0.178. The van der Waals surface area contributed by atoms with Gasteiger partial charge in [-0.05, 0) is 12.5 Å². The fourth-order valence-electron chi connectivity index (χ4n) is 1.28. The van der Waals surface area contributed by atoms with Crippen LogP contribution in [0.5, 0.6) is 0 Å². The zero-order valence-electron chi connectivity index (χ0n) is 7.82. The number of aromatic nitrogens is 2. The van der Waals surface area contributed by atoms with Crippen LogP contribution < -0.4 is 5.56 Å². The second-order valence-corrected chi connectivity index (χ2v) is 3.20. The molecule has 0 saturated heterocycles. The first-order valence-electron chi connectivity index (χ1n) is 4.37. The summed E-state index contributed by atoms with van der Waals surface area (Å²) in [6.07, 6.45) is 1.64. The summed E-state index contributed by atoms with van der Waals surface area (Å²) in [6, 6.07) is 9.52. The molecule has 3 nitrogen and oxygen atoms in total. The van der Waals surface area contributed by atoms with Crippen LogP contribution >= 0.6 is 0 Å². The normalized spacial score (nSPS) is 10.1. The monoisotopic (exact) mass is 186 g/mol. The maximum absolute atomic E-state index is 11.0. The molecule has 0 aliphatic carbocycles. The number of benzene rings is 1. The largest absolute Gasteiger partial charge is 0.268 e. The standard InChI is InChI=1S/C11H10N2O/c1-8-2-4-9(5-3-8)10-6-11(14)13-12-7-10/h2-7H,1H3,(H,13,14). The maximum atomic E-state index is 11.0. The zero-order valence-corrected chi connectivity index (χ0v) is 7.82. The van der Waals surface area contributed by atoms with Gasteiger partial charge in [0.2, 0.25) is 0 Å². The molecular weight excluding hydrogens is 176 g/mol. The lowest BCUT2D eigenvalue weighted by Gasteiger charge is -1.99. The van der Waals surface area contributed by atoms with Crippen LogP contribution in [0, 0.1) is 6.92 Å². The second-order valence-electron chi connectivity index (χ2n) is 3.20. The Morgan fingerprint density at radius 1 is 1.14 bits per heavy atom. The summed E-state index contributed by atoms with van der Waals surface area (Å²) in [6.45, 7) is 2.03. The zero-order chi connectivity index (χ0) is 9.97. The van der Waals surface area contributed by atoms with Crippen molar-refractivity contribution in [1.82, 2.24) is 10.2 Å². The van der Waals surface area contributed by atoms with Gasteiger partial charge in [-0.2, -0.15) is 5.10 Å². The van der Waals surface area contributed by atoms with Gasteiger partial charge in [-0.1, -0.05) is 29.8 Å². The second kappa shape index (κ2) is 3.46. The summed E-state index contributed by atoms with van der Waals surface area (Å²) in [7, 11) is 0. The summed E-state index contributed by atoms with van der Waals surface area (Å²) in [5, 5.41) is 6.09. The number of hydrogen-bond acceptors (Lipinski definition) is 2. The van der Waals surface area contributed by atoms with Gasteiger partial charge in [0, 0.05) is 11.6 Å². The summed E-state index contributed by atoms with van der Waals surface area (Å²) in [5.41, 5.74) is 2.87. The molecule has 0 saturated carbocycles. The molecule has 1 heterocycles. The van der Waals surface area contributed by atoms with Crippen LogP contribution in [-0.2, 0) is 0 Å². The van der Waals surface area contributed by atoms with E-state index in [0.717, 1.165) is 11.1 Å². The molecule has 3 heteroatoms. The van der Waals surface area contributed by atoms with Crippen LogP contribution in [0.3, 0.4) is 0 Å². The highest BCUT2D eigenvalue weighted by Gasteiger charge is 1.97. The molecule has 0 fully saturated rings. The molecule has 0 spiro atoms. The Kier molecular flexibility index (Phi) is 2.14. The van der Waals surface area contributed by atoms with E-state index in [1.165, 1.54) is 11.6 Å². The van der Waals surface area contributed by atoms with Gasteiger partial charge in [0.25, 0.3) is 5.56 Å². The molecule has 0 bridgehead atoms. The van der Waals surface area contributed by atoms with Gasteiger partial charge in [-0.15, -0.1) is 0 Å². The van der Waals surface area contributed by atoms with E-state index in [1.807, 2.05) is 31.2 Å². The lowest BCUT2D eigenvalue weighted by atomic mass is 10.1. The quantitative estimate of drug-likeness (QED) is 0.737. The van der Waals surface area contributed by atoms with Crippen LogP contribution in [0.2, 0.25) is 0 Å². The van der Waals surface area contributed by atoms with Gasteiger partial charge < -0.3 is 0 Å². The first-order chi connectivity index (χ1) is 6.75. The van der Waals surface area contributed by atoms with E-state index in [0.29, 0.717) is 0 Å². The molecule has 0 aliphatic heterocycles. The summed E-state index contributed by atoms with van der Waals surface area (Å²) >= 11 is 0. The molecule has 1 N–H and O–H groups in total. The molecule has 1 aromatic carbocycles. The Labute approximate surface area is 81.4 Å². The van der Waals surface area contributed by atoms with E-state index in [2.05, 4.69) is 10.2 Å². The average molecular weight is 186 g/mol. The van der Waals surface area contributed by atoms with Crippen LogP contribution in [-0.4, -0.2) is 10.2 Å². The highest BCUT2D eigenvalue weighted by molar-refractivity contribution is 5.61. The third-order valence-electron chi connectivity index (χ3n) is 2.05. The number of nitrogens with zero attached hydrogens (tertiary/aromatic N) is 1. The number of hydrogen-bond donors (Lipinski definition) is 1. The SMILES string of the molecule is Cc1ccc(-c2cn[nH]c(=O)c2)cc1. The molecule has 0 aliphatic rings. The Balaban J connectivity index is 2.50. The van der Waals surface area contributed by atoms with Crippen LogP contribution in [0.15, 0.2) is 41.3 Å². The predicted octanol–water partition coefficient (Wildman–Crippen LogP) is 1.75. The van der Waals surface area contributed by atoms with Crippen molar-refractivity contribution in [2.75, 3.05) is 0 Å². The Morgan fingerprint density at radius 3 is 2.50 bits per heavy atom. The summed E-state index contributed by atoms with van der Waals surface area (Å²) < 4.78 is 0. The van der Waals surface area contributed by atoms with Crippen molar-refractivity contribution in [2.24, 2.45) is 0 Å². The predicted molar refractivity (Wildman–Crippen MR) is 55.0 cm³/mol. The van der Waals surface area contributed by atoms with Crippen molar-refractivity contribution in [3.8, 4) is 11.1 Å². The smallest absolute Gasteiger partial charge is 0.264 e. The highest BCUT2D eigenvalue weighted by atomic mass is 16.1. The number of aryl methyl sites for hydroxylation is 1. The first-order valence-corrected chi connectivity index (χ1v) is 4.37. The highest BCUT2D eigenvalue weighted by Crippen LogP contribution is 2.16. The van der Waals surface area contributed by atoms with Crippen molar-refractivity contribution in [2.45, 2.75) is 6.92 Å². The lowest BCUT2D eigenvalue weighted by molar-refractivity contribution is 0.991. The number of aromatic amines is 1. The van der Waals surface area contributed by atoms with E-state index in [-0.39, 0.29) is 5.56 Å². The molecule has 14 heavy (non-hydrogen) atoms.